The van der Waals surface area contributed by atoms with Gasteiger partial charge in [0.05, 0.1) is 12.6 Å². The van der Waals surface area contributed by atoms with E-state index < -0.39 is 6.04 Å². The maximum Gasteiger partial charge on any atom is 0.251 e. The van der Waals surface area contributed by atoms with E-state index in [1.54, 1.807) is 16.7 Å². The molecule has 0 saturated heterocycles. The summed E-state index contributed by atoms with van der Waals surface area (Å²) in [5.41, 5.74) is 5.46. The van der Waals surface area contributed by atoms with Crippen LogP contribution in [0.15, 0.2) is 103 Å². The van der Waals surface area contributed by atoms with E-state index in [-0.39, 0.29) is 24.9 Å². The molecule has 0 saturated carbocycles. The molecule has 0 spiro atoms. The zero-order valence-corrected chi connectivity index (χ0v) is 24.8. The topological polar surface area (TPSA) is 108 Å². The first-order valence-corrected chi connectivity index (χ1v) is 14.3. The fraction of sp³-hybridized carbons (Fsp3) is 0.176. The summed E-state index contributed by atoms with van der Waals surface area (Å²) in [4.78, 5) is 35.6. The second-order valence-electron chi connectivity index (χ2n) is 10.7. The molecule has 4 aromatic carbocycles. The van der Waals surface area contributed by atoms with E-state index in [9.17, 15) is 9.59 Å². The maximum absolute atomic E-state index is 14.3. The van der Waals surface area contributed by atoms with Crippen LogP contribution >= 0.6 is 0 Å². The van der Waals surface area contributed by atoms with Crippen LogP contribution in [0.3, 0.4) is 0 Å². The molecule has 6 rings (SSSR count). The summed E-state index contributed by atoms with van der Waals surface area (Å²) in [5.74, 6) is 0.0790. The van der Waals surface area contributed by atoms with E-state index in [0.29, 0.717) is 22.5 Å². The highest BCUT2D eigenvalue weighted by Gasteiger charge is 2.34. The number of methoxy groups -OCH3 is 1. The fourth-order valence-electron chi connectivity index (χ4n) is 5.33. The van der Waals surface area contributed by atoms with Crippen molar-refractivity contribution in [2.45, 2.75) is 19.1 Å². The van der Waals surface area contributed by atoms with Crippen molar-refractivity contribution in [3.63, 3.8) is 0 Å². The number of benzene rings is 4. The molecule has 222 valence electrons. The van der Waals surface area contributed by atoms with Crippen molar-refractivity contribution in [1.82, 2.24) is 24.9 Å². The molecule has 2 heterocycles. The number of anilines is 2. The number of aromatic nitrogens is 4. The quantitative estimate of drug-likeness (QED) is 0.222. The van der Waals surface area contributed by atoms with Gasteiger partial charge >= 0.3 is 0 Å². The minimum Gasteiger partial charge on any atom is -0.497 e. The Kier molecular flexibility index (Phi) is 7.96. The molecule has 2 N–H and O–H groups in total. The number of carbonyl (C=O) groups excluding carboxylic acids is 2. The SMILES string of the molecule is COc1ccc(CN(C(=O)Cn2nnc3ccccc32)C(C(=O)Nc2ccc(N(C)C)cc2)c2c[nH]c3ccccc23)cc1. The molecule has 0 bridgehead atoms. The van der Waals surface area contributed by atoms with Gasteiger partial charge in [-0.05, 0) is 60.2 Å². The van der Waals surface area contributed by atoms with Gasteiger partial charge in [0.2, 0.25) is 5.91 Å². The standard InChI is InChI=1S/C34H33N7O3/c1-39(2)25-16-14-24(15-17-25)36-34(43)33(28-20-35-29-9-5-4-8-27(28)29)40(21-23-12-18-26(44-3)19-13-23)32(42)22-41-31-11-7-6-10-30(31)37-38-41/h4-20,33,35H,21-22H2,1-3H3,(H,36,43). The molecule has 10 nitrogen and oxygen atoms in total. The van der Waals surface area contributed by atoms with E-state index in [2.05, 4.69) is 20.6 Å². The molecule has 6 aromatic rings. The minimum atomic E-state index is -0.968. The number of hydrogen-bond donors (Lipinski definition) is 2. The third-order valence-corrected chi connectivity index (χ3v) is 7.66. The smallest absolute Gasteiger partial charge is 0.251 e. The Morgan fingerprint density at radius 1 is 0.932 bits per heavy atom. The molecule has 0 fully saturated rings. The zero-order chi connectivity index (χ0) is 30.6. The molecule has 0 aliphatic heterocycles. The monoisotopic (exact) mass is 587 g/mol. The van der Waals surface area contributed by atoms with E-state index in [4.69, 9.17) is 4.74 Å². The summed E-state index contributed by atoms with van der Waals surface area (Å²) in [5, 5.41) is 12.4. The number of para-hydroxylation sites is 2. The second kappa shape index (κ2) is 12.3. The van der Waals surface area contributed by atoms with Gasteiger partial charge in [0.1, 0.15) is 23.9 Å². The Morgan fingerprint density at radius 3 is 2.41 bits per heavy atom. The van der Waals surface area contributed by atoms with Crippen LogP contribution in [0.2, 0.25) is 0 Å². The van der Waals surface area contributed by atoms with Gasteiger partial charge in [0.15, 0.2) is 0 Å². The number of aromatic amines is 1. The van der Waals surface area contributed by atoms with Gasteiger partial charge in [-0.15, -0.1) is 5.10 Å². The van der Waals surface area contributed by atoms with Gasteiger partial charge in [0, 0.05) is 54.7 Å². The van der Waals surface area contributed by atoms with Crippen LogP contribution < -0.4 is 15.0 Å². The Balaban J connectivity index is 1.42. The molecule has 1 unspecified atom stereocenters. The van der Waals surface area contributed by atoms with Crippen LogP contribution in [0.25, 0.3) is 21.9 Å². The molecular formula is C34H33N7O3. The average molecular weight is 588 g/mol. The number of nitrogens with zero attached hydrogens (tertiary/aromatic N) is 5. The molecule has 0 radical (unpaired) electrons. The van der Waals surface area contributed by atoms with E-state index in [1.165, 1.54) is 0 Å². The van der Waals surface area contributed by atoms with Crippen molar-refractivity contribution < 1.29 is 14.3 Å². The first-order chi connectivity index (χ1) is 21.4. The zero-order valence-electron chi connectivity index (χ0n) is 24.8. The van der Waals surface area contributed by atoms with Crippen LogP contribution in [0.4, 0.5) is 11.4 Å². The molecule has 2 aromatic heterocycles. The number of fused-ring (bicyclic) bond motifs is 2. The van der Waals surface area contributed by atoms with E-state index in [0.717, 1.165) is 27.7 Å². The van der Waals surface area contributed by atoms with Crippen LogP contribution in [0.1, 0.15) is 17.2 Å². The van der Waals surface area contributed by atoms with Crippen molar-refractivity contribution in [2.24, 2.45) is 0 Å². The van der Waals surface area contributed by atoms with Gasteiger partial charge in [-0.3, -0.25) is 9.59 Å². The number of amides is 2. The Labute approximate surface area is 254 Å². The lowest BCUT2D eigenvalue weighted by Gasteiger charge is -2.31. The van der Waals surface area contributed by atoms with Crippen molar-refractivity contribution >= 4 is 45.1 Å². The van der Waals surface area contributed by atoms with Gasteiger partial charge < -0.3 is 24.8 Å². The van der Waals surface area contributed by atoms with Crippen LogP contribution in [0, 0.1) is 0 Å². The highest BCUT2D eigenvalue weighted by molar-refractivity contribution is 6.01. The minimum absolute atomic E-state index is 0.0969. The van der Waals surface area contributed by atoms with Gasteiger partial charge in [-0.2, -0.15) is 0 Å². The van der Waals surface area contributed by atoms with Crippen molar-refractivity contribution in [3.8, 4) is 5.75 Å². The average Bonchev–Trinajstić information content (AvgIpc) is 3.66. The van der Waals surface area contributed by atoms with Gasteiger partial charge in [0.25, 0.3) is 5.91 Å². The van der Waals surface area contributed by atoms with Crippen molar-refractivity contribution in [3.05, 3.63) is 114 Å². The van der Waals surface area contributed by atoms with Gasteiger partial charge in [-0.25, -0.2) is 4.68 Å². The second-order valence-corrected chi connectivity index (χ2v) is 10.7. The van der Waals surface area contributed by atoms with Crippen molar-refractivity contribution in [2.75, 3.05) is 31.4 Å². The lowest BCUT2D eigenvalue weighted by Crippen LogP contribution is -2.42. The fourth-order valence-corrected chi connectivity index (χ4v) is 5.33. The van der Waals surface area contributed by atoms with Crippen LogP contribution in [-0.2, 0) is 22.7 Å². The third kappa shape index (κ3) is 5.82. The summed E-state index contributed by atoms with van der Waals surface area (Å²) in [6, 6.07) is 29.3. The molecular weight excluding hydrogens is 554 g/mol. The Hall–Kier alpha value is -5.64. The summed E-state index contributed by atoms with van der Waals surface area (Å²) in [7, 11) is 5.53. The molecule has 2 amide bonds. The summed E-state index contributed by atoms with van der Waals surface area (Å²) >= 11 is 0. The number of H-pyrrole nitrogens is 1. The molecule has 1 atom stereocenters. The normalized spacial score (nSPS) is 11.8. The molecule has 44 heavy (non-hydrogen) atoms. The van der Waals surface area contributed by atoms with Crippen LogP contribution in [0.5, 0.6) is 5.75 Å². The highest BCUT2D eigenvalue weighted by Crippen LogP contribution is 2.32. The molecule has 0 aliphatic rings. The molecule has 0 aliphatic carbocycles. The number of carbonyl (C=O) groups is 2. The first-order valence-electron chi connectivity index (χ1n) is 14.3. The Morgan fingerprint density at radius 2 is 1.66 bits per heavy atom. The summed E-state index contributed by atoms with van der Waals surface area (Å²) in [6.07, 6.45) is 1.81. The largest absolute Gasteiger partial charge is 0.497 e. The predicted octanol–water partition coefficient (Wildman–Crippen LogP) is 5.40. The van der Waals surface area contributed by atoms with E-state index in [1.807, 2.05) is 122 Å². The Bertz CT molecular complexity index is 1910. The molecule has 10 heteroatoms. The lowest BCUT2D eigenvalue weighted by molar-refractivity contribution is -0.140. The number of hydrogen-bond acceptors (Lipinski definition) is 6. The lowest BCUT2D eigenvalue weighted by atomic mass is 10.0. The summed E-state index contributed by atoms with van der Waals surface area (Å²) < 4.78 is 6.92. The van der Waals surface area contributed by atoms with Gasteiger partial charge in [-0.1, -0.05) is 47.7 Å². The van der Waals surface area contributed by atoms with E-state index >= 15 is 0 Å². The summed E-state index contributed by atoms with van der Waals surface area (Å²) in [6.45, 7) is 0.0763. The first kappa shape index (κ1) is 28.5. The third-order valence-electron chi connectivity index (χ3n) is 7.66. The highest BCUT2D eigenvalue weighted by atomic mass is 16.5. The number of rotatable bonds is 10. The number of ether oxygens (including phenoxy) is 1. The van der Waals surface area contributed by atoms with Crippen molar-refractivity contribution in [1.29, 1.82) is 0 Å². The number of nitrogens with one attached hydrogen (secondary N) is 2. The van der Waals surface area contributed by atoms with Crippen LogP contribution in [-0.4, -0.2) is 57.9 Å². The maximum atomic E-state index is 14.3. The predicted molar refractivity (Wildman–Crippen MR) is 172 cm³/mol.